The van der Waals surface area contributed by atoms with Crippen LogP contribution in [-0.2, 0) is 21.2 Å². The minimum Gasteiger partial charge on any atom is -0.497 e. The van der Waals surface area contributed by atoms with E-state index in [0.717, 1.165) is 5.56 Å². The Labute approximate surface area is 153 Å². The van der Waals surface area contributed by atoms with Crippen molar-refractivity contribution in [1.29, 1.82) is 0 Å². The van der Waals surface area contributed by atoms with Gasteiger partial charge in [0.15, 0.2) is 0 Å². The monoisotopic (exact) mass is 378 g/mol. The van der Waals surface area contributed by atoms with Crippen molar-refractivity contribution in [3.05, 3.63) is 54.1 Å². The molecule has 7 nitrogen and oxygen atoms in total. The van der Waals surface area contributed by atoms with E-state index in [1.165, 1.54) is 32.4 Å². The van der Waals surface area contributed by atoms with Crippen molar-refractivity contribution < 1.29 is 22.7 Å². The Kier molecular flexibility index (Phi) is 6.99. The zero-order valence-corrected chi connectivity index (χ0v) is 15.5. The van der Waals surface area contributed by atoms with Crippen LogP contribution in [0.15, 0.2) is 53.4 Å². The van der Waals surface area contributed by atoms with Crippen LogP contribution in [0.1, 0.15) is 5.56 Å². The lowest BCUT2D eigenvalue weighted by Gasteiger charge is -2.12. The molecule has 0 atom stereocenters. The minimum atomic E-state index is -3.89. The third kappa shape index (κ3) is 5.47. The van der Waals surface area contributed by atoms with Gasteiger partial charge in [0.05, 0.1) is 20.8 Å². The zero-order chi connectivity index (χ0) is 19.0. The number of carbonyl (C=O) groups excluding carboxylic acids is 1. The Bertz CT molecular complexity index is 838. The van der Waals surface area contributed by atoms with Crippen LogP contribution >= 0.6 is 0 Å². The van der Waals surface area contributed by atoms with Gasteiger partial charge in [0.2, 0.25) is 15.9 Å². The molecule has 2 N–H and O–H groups in total. The van der Waals surface area contributed by atoms with Crippen LogP contribution in [0.4, 0.5) is 0 Å². The lowest BCUT2D eigenvalue weighted by molar-refractivity contribution is -0.119. The first-order chi connectivity index (χ1) is 12.5. The van der Waals surface area contributed by atoms with Crippen molar-refractivity contribution >= 4 is 15.9 Å². The van der Waals surface area contributed by atoms with E-state index in [0.29, 0.717) is 18.7 Å². The average Bonchev–Trinajstić information content (AvgIpc) is 2.66. The first-order valence-corrected chi connectivity index (χ1v) is 9.47. The van der Waals surface area contributed by atoms with Gasteiger partial charge in [-0.05, 0) is 24.1 Å². The number of sulfonamides is 1. The summed E-state index contributed by atoms with van der Waals surface area (Å²) >= 11 is 0. The van der Waals surface area contributed by atoms with Crippen LogP contribution in [0, 0.1) is 0 Å². The molecule has 8 heteroatoms. The maximum Gasteiger partial charge on any atom is 0.244 e. The summed E-state index contributed by atoms with van der Waals surface area (Å²) in [6.45, 7) is 0.0722. The fourth-order valence-corrected chi connectivity index (χ4v) is 3.42. The molecule has 0 bridgehead atoms. The smallest absolute Gasteiger partial charge is 0.244 e. The number of nitrogens with one attached hydrogen (secondary N) is 2. The molecule has 0 aliphatic heterocycles. The quantitative estimate of drug-likeness (QED) is 0.687. The number of hydrogen-bond acceptors (Lipinski definition) is 5. The van der Waals surface area contributed by atoms with Gasteiger partial charge in [0.25, 0.3) is 0 Å². The number of methoxy groups -OCH3 is 2. The van der Waals surface area contributed by atoms with E-state index in [1.54, 1.807) is 0 Å². The van der Waals surface area contributed by atoms with Gasteiger partial charge in [0.1, 0.15) is 16.4 Å². The summed E-state index contributed by atoms with van der Waals surface area (Å²) in [5.41, 5.74) is 1.09. The number of hydrogen-bond donors (Lipinski definition) is 2. The molecule has 0 fully saturated rings. The van der Waals surface area contributed by atoms with Gasteiger partial charge in [-0.1, -0.05) is 30.3 Å². The van der Waals surface area contributed by atoms with Gasteiger partial charge in [-0.25, -0.2) is 13.1 Å². The molecule has 0 aromatic heterocycles. The third-order valence-corrected chi connectivity index (χ3v) is 5.10. The molecule has 0 aliphatic carbocycles. The van der Waals surface area contributed by atoms with Crippen molar-refractivity contribution in [3.63, 3.8) is 0 Å². The number of carbonyl (C=O) groups is 1. The van der Waals surface area contributed by atoms with E-state index in [1.807, 2.05) is 30.3 Å². The summed E-state index contributed by atoms with van der Waals surface area (Å²) in [7, 11) is -1.05. The highest BCUT2D eigenvalue weighted by molar-refractivity contribution is 7.89. The van der Waals surface area contributed by atoms with Gasteiger partial charge >= 0.3 is 0 Å². The van der Waals surface area contributed by atoms with Crippen LogP contribution < -0.4 is 19.5 Å². The highest BCUT2D eigenvalue weighted by atomic mass is 32.2. The Morgan fingerprint density at radius 2 is 1.77 bits per heavy atom. The first kappa shape index (κ1) is 19.7. The summed E-state index contributed by atoms with van der Waals surface area (Å²) in [5.74, 6) is 0.206. The molecule has 2 rings (SSSR count). The van der Waals surface area contributed by atoms with Gasteiger partial charge in [-0.15, -0.1) is 0 Å². The van der Waals surface area contributed by atoms with Crippen LogP contribution in [-0.4, -0.2) is 41.6 Å². The molecule has 0 unspecified atom stereocenters. The van der Waals surface area contributed by atoms with Crippen LogP contribution in [0.3, 0.4) is 0 Å². The molecule has 2 aromatic carbocycles. The van der Waals surface area contributed by atoms with Crippen molar-refractivity contribution in [2.24, 2.45) is 0 Å². The fraction of sp³-hybridized carbons (Fsp3) is 0.278. The first-order valence-electron chi connectivity index (χ1n) is 7.98. The lowest BCUT2D eigenvalue weighted by Crippen LogP contribution is -2.37. The summed E-state index contributed by atoms with van der Waals surface area (Å²) in [5, 5.41) is 2.68. The number of rotatable bonds is 9. The Balaban J connectivity index is 1.90. The third-order valence-electron chi connectivity index (χ3n) is 3.66. The lowest BCUT2D eigenvalue weighted by atomic mass is 10.1. The molecule has 0 heterocycles. The average molecular weight is 378 g/mol. The molecule has 140 valence electrons. The number of amides is 1. The summed E-state index contributed by atoms with van der Waals surface area (Å²) in [4.78, 5) is 11.8. The van der Waals surface area contributed by atoms with Gasteiger partial charge in [0, 0.05) is 12.6 Å². The maximum atomic E-state index is 12.4. The molecular weight excluding hydrogens is 356 g/mol. The normalized spacial score (nSPS) is 11.0. The molecule has 0 saturated carbocycles. The van der Waals surface area contributed by atoms with Crippen molar-refractivity contribution in [2.75, 3.05) is 27.3 Å². The van der Waals surface area contributed by atoms with Crippen molar-refractivity contribution in [3.8, 4) is 11.5 Å². The SMILES string of the molecule is COc1ccc(S(=O)(=O)NCC(=O)NCCc2ccccc2)c(OC)c1. The number of ether oxygens (including phenoxy) is 2. The topological polar surface area (TPSA) is 93.7 Å². The summed E-state index contributed by atoms with van der Waals surface area (Å²) in [6.07, 6.45) is 0.672. The zero-order valence-electron chi connectivity index (χ0n) is 14.7. The van der Waals surface area contributed by atoms with Crippen molar-refractivity contribution in [1.82, 2.24) is 10.0 Å². The van der Waals surface area contributed by atoms with Crippen LogP contribution in [0.5, 0.6) is 11.5 Å². The van der Waals surface area contributed by atoms with E-state index < -0.39 is 15.9 Å². The predicted molar refractivity (Wildman–Crippen MR) is 97.9 cm³/mol. The standard InChI is InChI=1S/C18H22N2O5S/c1-24-15-8-9-17(16(12-15)25-2)26(22,23)20-13-18(21)19-11-10-14-6-4-3-5-7-14/h3-9,12,20H,10-11,13H2,1-2H3,(H,19,21). The van der Waals surface area contributed by atoms with Crippen molar-refractivity contribution in [2.45, 2.75) is 11.3 Å². The maximum absolute atomic E-state index is 12.4. The van der Waals surface area contributed by atoms with Gasteiger partial charge in [-0.3, -0.25) is 4.79 Å². The van der Waals surface area contributed by atoms with E-state index in [9.17, 15) is 13.2 Å². The van der Waals surface area contributed by atoms with E-state index in [2.05, 4.69) is 10.0 Å². The highest BCUT2D eigenvalue weighted by Crippen LogP contribution is 2.28. The highest BCUT2D eigenvalue weighted by Gasteiger charge is 2.20. The molecular formula is C18H22N2O5S. The van der Waals surface area contributed by atoms with E-state index in [4.69, 9.17) is 9.47 Å². The summed E-state index contributed by atoms with van der Waals surface area (Å²) in [6, 6.07) is 14.0. The second-order valence-electron chi connectivity index (χ2n) is 5.43. The van der Waals surface area contributed by atoms with E-state index in [-0.39, 0.29) is 17.2 Å². The number of benzene rings is 2. The predicted octanol–water partition coefficient (Wildman–Crippen LogP) is 1.34. The Morgan fingerprint density at radius 3 is 2.42 bits per heavy atom. The minimum absolute atomic E-state index is 0.0575. The van der Waals surface area contributed by atoms with Crippen LogP contribution in [0.2, 0.25) is 0 Å². The summed E-state index contributed by atoms with van der Waals surface area (Å²) < 4.78 is 37.2. The van der Waals surface area contributed by atoms with Crippen LogP contribution in [0.25, 0.3) is 0 Å². The molecule has 1 amide bonds. The molecule has 0 radical (unpaired) electrons. The molecule has 2 aromatic rings. The van der Waals surface area contributed by atoms with Gasteiger partial charge < -0.3 is 14.8 Å². The van der Waals surface area contributed by atoms with E-state index >= 15 is 0 Å². The fourth-order valence-electron chi connectivity index (χ4n) is 2.29. The molecule has 0 aliphatic rings. The Morgan fingerprint density at radius 1 is 1.04 bits per heavy atom. The largest absolute Gasteiger partial charge is 0.497 e. The second kappa shape index (κ2) is 9.21. The second-order valence-corrected chi connectivity index (χ2v) is 7.16. The molecule has 26 heavy (non-hydrogen) atoms. The molecule has 0 spiro atoms. The Hall–Kier alpha value is -2.58. The molecule has 0 saturated heterocycles. The van der Waals surface area contributed by atoms with Gasteiger partial charge in [-0.2, -0.15) is 0 Å².